The molecule has 0 aliphatic heterocycles. The standard InChI is InChI=1S/C16H15N3O5/c1-22-14-7-11(8-15(23-2)16(14)24-3)18-12-6-10(9-17)4-5-13(12)19(20)21/h4-8,18H,1-3H3. The molecule has 0 unspecified atom stereocenters. The molecule has 0 aliphatic carbocycles. The highest BCUT2D eigenvalue weighted by Gasteiger charge is 2.17. The van der Waals surface area contributed by atoms with Gasteiger partial charge in [0.15, 0.2) is 11.5 Å². The number of nitrogens with one attached hydrogen (secondary N) is 1. The van der Waals surface area contributed by atoms with Crippen LogP contribution < -0.4 is 19.5 Å². The van der Waals surface area contributed by atoms with Crippen molar-refractivity contribution in [2.75, 3.05) is 26.6 Å². The van der Waals surface area contributed by atoms with E-state index in [0.717, 1.165) is 0 Å². The summed E-state index contributed by atoms with van der Waals surface area (Å²) in [6.07, 6.45) is 0. The highest BCUT2D eigenvalue weighted by atomic mass is 16.6. The zero-order chi connectivity index (χ0) is 17.7. The van der Waals surface area contributed by atoms with Crippen molar-refractivity contribution in [3.63, 3.8) is 0 Å². The first-order chi connectivity index (χ1) is 11.5. The van der Waals surface area contributed by atoms with Crippen LogP contribution in [-0.2, 0) is 0 Å². The number of rotatable bonds is 6. The van der Waals surface area contributed by atoms with Crippen molar-refractivity contribution < 1.29 is 19.1 Å². The number of anilines is 2. The Morgan fingerprint density at radius 3 is 2.17 bits per heavy atom. The minimum absolute atomic E-state index is 0.150. The van der Waals surface area contributed by atoms with E-state index in [1.165, 1.54) is 39.5 Å². The summed E-state index contributed by atoms with van der Waals surface area (Å²) in [6.45, 7) is 0. The van der Waals surface area contributed by atoms with Crippen molar-refractivity contribution in [1.82, 2.24) is 0 Å². The van der Waals surface area contributed by atoms with Gasteiger partial charge < -0.3 is 19.5 Å². The van der Waals surface area contributed by atoms with E-state index in [-0.39, 0.29) is 11.4 Å². The molecular formula is C16H15N3O5. The first kappa shape index (κ1) is 16.9. The van der Waals surface area contributed by atoms with E-state index in [9.17, 15) is 10.1 Å². The van der Waals surface area contributed by atoms with Crippen LogP contribution in [0.15, 0.2) is 30.3 Å². The van der Waals surface area contributed by atoms with Crippen LogP contribution in [0.2, 0.25) is 0 Å². The first-order valence-corrected chi connectivity index (χ1v) is 6.79. The lowest BCUT2D eigenvalue weighted by molar-refractivity contribution is -0.383. The number of benzene rings is 2. The highest BCUT2D eigenvalue weighted by Crippen LogP contribution is 2.41. The number of nitriles is 1. The third kappa shape index (κ3) is 3.30. The van der Waals surface area contributed by atoms with Crippen molar-refractivity contribution >= 4 is 17.1 Å². The van der Waals surface area contributed by atoms with Gasteiger partial charge in [-0.15, -0.1) is 0 Å². The van der Waals surface area contributed by atoms with Crippen LogP contribution in [0.4, 0.5) is 17.1 Å². The summed E-state index contributed by atoms with van der Waals surface area (Å²) in [6, 6.07) is 9.25. The number of nitro groups is 1. The normalized spacial score (nSPS) is 9.75. The Balaban J connectivity index is 2.52. The fraction of sp³-hybridized carbons (Fsp3) is 0.188. The molecule has 0 fully saturated rings. The van der Waals surface area contributed by atoms with E-state index >= 15 is 0 Å². The Morgan fingerprint density at radius 2 is 1.71 bits per heavy atom. The Labute approximate surface area is 138 Å². The molecule has 2 rings (SSSR count). The number of nitro benzene ring substituents is 1. The van der Waals surface area contributed by atoms with Gasteiger partial charge in [0.05, 0.1) is 37.9 Å². The summed E-state index contributed by atoms with van der Waals surface area (Å²) in [4.78, 5) is 10.6. The lowest BCUT2D eigenvalue weighted by Crippen LogP contribution is -2.00. The molecule has 0 spiro atoms. The summed E-state index contributed by atoms with van der Waals surface area (Å²) in [5, 5.41) is 23.1. The van der Waals surface area contributed by atoms with E-state index in [2.05, 4.69) is 5.32 Å². The average molecular weight is 329 g/mol. The van der Waals surface area contributed by atoms with Crippen LogP contribution in [0.25, 0.3) is 0 Å². The summed E-state index contributed by atoms with van der Waals surface area (Å²) < 4.78 is 15.7. The maximum Gasteiger partial charge on any atom is 0.292 e. The molecule has 124 valence electrons. The van der Waals surface area contributed by atoms with Crippen molar-refractivity contribution in [3.8, 4) is 23.3 Å². The zero-order valence-corrected chi connectivity index (χ0v) is 13.3. The lowest BCUT2D eigenvalue weighted by Gasteiger charge is -2.15. The van der Waals surface area contributed by atoms with E-state index in [1.807, 2.05) is 6.07 Å². The second-order valence-electron chi connectivity index (χ2n) is 4.64. The fourth-order valence-electron chi connectivity index (χ4n) is 2.17. The molecule has 0 atom stereocenters. The van der Waals surface area contributed by atoms with Gasteiger partial charge in [-0.25, -0.2) is 0 Å². The van der Waals surface area contributed by atoms with Crippen LogP contribution in [0, 0.1) is 21.4 Å². The Bertz CT molecular complexity index is 789. The van der Waals surface area contributed by atoms with Crippen LogP contribution in [-0.4, -0.2) is 26.3 Å². The Hall–Kier alpha value is -3.47. The van der Waals surface area contributed by atoms with Crippen molar-refractivity contribution in [3.05, 3.63) is 46.0 Å². The van der Waals surface area contributed by atoms with Gasteiger partial charge in [0.25, 0.3) is 5.69 Å². The predicted octanol–water partition coefficient (Wildman–Crippen LogP) is 3.24. The molecule has 1 N–H and O–H groups in total. The maximum absolute atomic E-state index is 11.2. The molecule has 0 radical (unpaired) electrons. The summed E-state index contributed by atoms with van der Waals surface area (Å²) in [5.74, 6) is 1.21. The highest BCUT2D eigenvalue weighted by molar-refractivity contribution is 5.74. The molecule has 0 aromatic heterocycles. The van der Waals surface area contributed by atoms with E-state index in [4.69, 9.17) is 19.5 Å². The topological polar surface area (TPSA) is 107 Å². The number of hydrogen-bond acceptors (Lipinski definition) is 7. The van der Waals surface area contributed by atoms with Gasteiger partial charge in [0.1, 0.15) is 5.69 Å². The number of nitrogens with zero attached hydrogens (tertiary/aromatic N) is 2. The SMILES string of the molecule is COc1cc(Nc2cc(C#N)ccc2[N+](=O)[O-])cc(OC)c1OC. The molecule has 0 saturated heterocycles. The Kier molecular flexibility index (Phi) is 5.06. The minimum atomic E-state index is -0.526. The third-order valence-electron chi connectivity index (χ3n) is 3.27. The van der Waals surface area contributed by atoms with Crippen LogP contribution in [0.5, 0.6) is 17.2 Å². The molecule has 0 heterocycles. The maximum atomic E-state index is 11.2. The predicted molar refractivity (Wildman–Crippen MR) is 87.2 cm³/mol. The quantitative estimate of drug-likeness (QED) is 0.640. The van der Waals surface area contributed by atoms with E-state index in [1.54, 1.807) is 12.1 Å². The molecule has 2 aromatic carbocycles. The van der Waals surface area contributed by atoms with Crippen LogP contribution >= 0.6 is 0 Å². The van der Waals surface area contributed by atoms with E-state index < -0.39 is 4.92 Å². The van der Waals surface area contributed by atoms with Crippen LogP contribution in [0.1, 0.15) is 5.56 Å². The second-order valence-corrected chi connectivity index (χ2v) is 4.64. The summed E-state index contributed by atoms with van der Waals surface area (Å²) in [5.41, 5.74) is 0.828. The van der Waals surface area contributed by atoms with E-state index in [0.29, 0.717) is 28.5 Å². The number of methoxy groups -OCH3 is 3. The number of ether oxygens (including phenoxy) is 3. The third-order valence-corrected chi connectivity index (χ3v) is 3.27. The molecule has 24 heavy (non-hydrogen) atoms. The number of hydrogen-bond donors (Lipinski definition) is 1. The van der Waals surface area contributed by atoms with Gasteiger partial charge >= 0.3 is 0 Å². The molecule has 2 aromatic rings. The first-order valence-electron chi connectivity index (χ1n) is 6.79. The minimum Gasteiger partial charge on any atom is -0.493 e. The Morgan fingerprint density at radius 1 is 1.08 bits per heavy atom. The van der Waals surface area contributed by atoms with Gasteiger partial charge in [-0.05, 0) is 12.1 Å². The molecule has 0 saturated carbocycles. The molecule has 8 heteroatoms. The van der Waals surface area contributed by atoms with Gasteiger partial charge in [-0.3, -0.25) is 10.1 Å². The molecule has 0 aliphatic rings. The van der Waals surface area contributed by atoms with Crippen LogP contribution in [0.3, 0.4) is 0 Å². The molecule has 8 nitrogen and oxygen atoms in total. The average Bonchev–Trinajstić information content (AvgIpc) is 2.60. The second kappa shape index (κ2) is 7.19. The van der Waals surface area contributed by atoms with Gasteiger partial charge in [0.2, 0.25) is 5.75 Å². The van der Waals surface area contributed by atoms with Gasteiger partial charge in [0, 0.05) is 23.9 Å². The van der Waals surface area contributed by atoms with Crippen molar-refractivity contribution in [2.24, 2.45) is 0 Å². The smallest absolute Gasteiger partial charge is 0.292 e. The molecule has 0 amide bonds. The largest absolute Gasteiger partial charge is 0.493 e. The summed E-state index contributed by atoms with van der Waals surface area (Å²) in [7, 11) is 4.42. The molecular weight excluding hydrogens is 314 g/mol. The summed E-state index contributed by atoms with van der Waals surface area (Å²) >= 11 is 0. The van der Waals surface area contributed by atoms with Gasteiger partial charge in [-0.1, -0.05) is 0 Å². The zero-order valence-electron chi connectivity index (χ0n) is 13.3. The monoisotopic (exact) mass is 329 g/mol. The van der Waals surface area contributed by atoms with Crippen molar-refractivity contribution in [1.29, 1.82) is 5.26 Å². The van der Waals surface area contributed by atoms with Gasteiger partial charge in [-0.2, -0.15) is 5.26 Å². The fourth-order valence-corrected chi connectivity index (χ4v) is 2.17. The van der Waals surface area contributed by atoms with Crippen molar-refractivity contribution in [2.45, 2.75) is 0 Å². The molecule has 0 bridgehead atoms. The lowest BCUT2D eigenvalue weighted by atomic mass is 10.1.